The third-order valence-electron chi connectivity index (χ3n) is 2.80. The molecule has 2 heterocycles. The van der Waals surface area contributed by atoms with Gasteiger partial charge in [0.2, 0.25) is 5.91 Å². The minimum Gasteiger partial charge on any atom is -0.351 e. The zero-order valence-corrected chi connectivity index (χ0v) is 14.4. The molecule has 0 aliphatic heterocycles. The second-order valence-corrected chi connectivity index (χ2v) is 8.12. The van der Waals surface area contributed by atoms with Crippen LogP contribution in [0.1, 0.15) is 27.7 Å². The fraction of sp³-hybridized carbons (Fsp3) is 0.500. The van der Waals surface area contributed by atoms with Gasteiger partial charge in [-0.3, -0.25) is 14.2 Å². The molecule has 7 heteroatoms. The van der Waals surface area contributed by atoms with Crippen LogP contribution in [0.5, 0.6) is 0 Å². The average molecular weight is 325 g/mol. The minimum absolute atomic E-state index is 0.0628. The van der Waals surface area contributed by atoms with E-state index in [0.717, 1.165) is 0 Å². The summed E-state index contributed by atoms with van der Waals surface area (Å²) >= 11 is 2.68. The molecule has 0 saturated carbocycles. The SMILES string of the molecule is CC(Sc1nc2ccsc2c(=O)n1C)C(=O)NC(C)(C)C. The summed E-state index contributed by atoms with van der Waals surface area (Å²) in [6.45, 7) is 7.63. The van der Waals surface area contributed by atoms with Crippen molar-refractivity contribution in [3.63, 3.8) is 0 Å². The predicted octanol–water partition coefficient (Wildman–Crippen LogP) is 2.39. The van der Waals surface area contributed by atoms with Gasteiger partial charge in [0.25, 0.3) is 5.56 Å². The highest BCUT2D eigenvalue weighted by molar-refractivity contribution is 8.00. The van der Waals surface area contributed by atoms with Crippen molar-refractivity contribution in [3.05, 3.63) is 21.8 Å². The second-order valence-electron chi connectivity index (χ2n) is 5.89. The normalized spacial score (nSPS) is 13.4. The van der Waals surface area contributed by atoms with Crippen molar-refractivity contribution in [2.24, 2.45) is 7.05 Å². The Balaban J connectivity index is 2.25. The number of aromatic nitrogens is 2. The van der Waals surface area contributed by atoms with E-state index in [9.17, 15) is 9.59 Å². The number of carbonyl (C=O) groups excluding carboxylic acids is 1. The summed E-state index contributed by atoms with van der Waals surface area (Å²) in [5.41, 5.74) is 0.345. The highest BCUT2D eigenvalue weighted by Gasteiger charge is 2.22. The molecule has 2 aromatic rings. The first-order valence-corrected chi connectivity index (χ1v) is 8.38. The number of fused-ring (bicyclic) bond motifs is 1. The first kappa shape index (κ1) is 16.0. The lowest BCUT2D eigenvalue weighted by Gasteiger charge is -2.23. The van der Waals surface area contributed by atoms with Crippen LogP contribution in [0.4, 0.5) is 0 Å². The number of nitrogens with one attached hydrogen (secondary N) is 1. The van der Waals surface area contributed by atoms with Crippen LogP contribution in [0.15, 0.2) is 21.4 Å². The molecule has 0 saturated heterocycles. The van der Waals surface area contributed by atoms with Crippen LogP contribution in [-0.2, 0) is 11.8 Å². The number of nitrogens with zero attached hydrogens (tertiary/aromatic N) is 2. The van der Waals surface area contributed by atoms with Crippen LogP contribution in [-0.4, -0.2) is 26.2 Å². The topological polar surface area (TPSA) is 64.0 Å². The van der Waals surface area contributed by atoms with Gasteiger partial charge in [-0.2, -0.15) is 0 Å². The molecule has 0 fully saturated rings. The predicted molar refractivity (Wildman–Crippen MR) is 88.1 cm³/mol. The van der Waals surface area contributed by atoms with E-state index >= 15 is 0 Å². The van der Waals surface area contributed by atoms with Gasteiger partial charge in [0.15, 0.2) is 5.16 Å². The lowest BCUT2D eigenvalue weighted by molar-refractivity contribution is -0.121. The molecule has 1 atom stereocenters. The van der Waals surface area contributed by atoms with Crippen LogP contribution in [0.25, 0.3) is 10.2 Å². The molecule has 2 aromatic heterocycles. The van der Waals surface area contributed by atoms with Crippen LogP contribution < -0.4 is 10.9 Å². The molecule has 114 valence electrons. The molecule has 2 rings (SSSR count). The lowest BCUT2D eigenvalue weighted by atomic mass is 10.1. The average Bonchev–Trinajstić information content (AvgIpc) is 2.81. The Kier molecular flexibility index (Phi) is 4.43. The van der Waals surface area contributed by atoms with Crippen molar-refractivity contribution >= 4 is 39.2 Å². The smallest absolute Gasteiger partial charge is 0.271 e. The maximum Gasteiger partial charge on any atom is 0.271 e. The van der Waals surface area contributed by atoms with Gasteiger partial charge in [-0.05, 0) is 39.1 Å². The van der Waals surface area contributed by atoms with Crippen molar-refractivity contribution in [2.75, 3.05) is 0 Å². The van der Waals surface area contributed by atoms with Gasteiger partial charge < -0.3 is 5.32 Å². The fourth-order valence-electron chi connectivity index (χ4n) is 1.76. The molecule has 0 aliphatic rings. The zero-order valence-electron chi connectivity index (χ0n) is 12.8. The Morgan fingerprint density at radius 2 is 2.14 bits per heavy atom. The Bertz CT molecular complexity index is 728. The van der Waals surface area contributed by atoms with E-state index in [2.05, 4.69) is 10.3 Å². The van der Waals surface area contributed by atoms with Crippen LogP contribution in [0, 0.1) is 0 Å². The molecule has 21 heavy (non-hydrogen) atoms. The first-order chi connectivity index (χ1) is 9.69. The van der Waals surface area contributed by atoms with E-state index in [1.807, 2.05) is 39.1 Å². The number of carbonyl (C=O) groups is 1. The Morgan fingerprint density at radius 3 is 2.76 bits per heavy atom. The number of thioether (sulfide) groups is 1. The Morgan fingerprint density at radius 1 is 1.48 bits per heavy atom. The molecule has 1 amide bonds. The van der Waals surface area contributed by atoms with Crippen molar-refractivity contribution < 1.29 is 4.79 Å². The molecule has 1 unspecified atom stereocenters. The van der Waals surface area contributed by atoms with Crippen LogP contribution in [0.2, 0.25) is 0 Å². The second kappa shape index (κ2) is 5.81. The Hall–Kier alpha value is -1.34. The van der Waals surface area contributed by atoms with E-state index < -0.39 is 0 Å². The van der Waals surface area contributed by atoms with Crippen LogP contribution in [0.3, 0.4) is 0 Å². The summed E-state index contributed by atoms with van der Waals surface area (Å²) in [6.07, 6.45) is 0. The van der Waals surface area contributed by atoms with E-state index in [1.54, 1.807) is 7.05 Å². The molecule has 0 radical (unpaired) electrons. The Labute approximate surface area is 131 Å². The molecule has 0 spiro atoms. The van der Waals surface area contributed by atoms with Gasteiger partial charge >= 0.3 is 0 Å². The molecule has 1 N–H and O–H groups in total. The quantitative estimate of drug-likeness (QED) is 0.695. The highest BCUT2D eigenvalue weighted by Crippen LogP contribution is 2.24. The van der Waals surface area contributed by atoms with E-state index in [-0.39, 0.29) is 22.3 Å². The van der Waals surface area contributed by atoms with Crippen molar-refractivity contribution in [1.82, 2.24) is 14.9 Å². The number of hydrogen-bond acceptors (Lipinski definition) is 5. The summed E-state index contributed by atoms with van der Waals surface area (Å²) in [6, 6.07) is 1.82. The van der Waals surface area contributed by atoms with Gasteiger partial charge in [0.05, 0.1) is 10.8 Å². The van der Waals surface area contributed by atoms with Gasteiger partial charge in [0, 0.05) is 12.6 Å². The maximum atomic E-state index is 12.2. The standard InChI is InChI=1S/C14H19N3O2S2/c1-8(11(18)16-14(2,3)4)21-13-15-9-6-7-20-10(9)12(19)17(13)5/h6-8H,1-5H3,(H,16,18). The third kappa shape index (κ3) is 3.65. The summed E-state index contributed by atoms with van der Waals surface area (Å²) < 4.78 is 2.15. The molecule has 0 aliphatic carbocycles. The van der Waals surface area contributed by atoms with Gasteiger partial charge in [-0.25, -0.2) is 4.98 Å². The summed E-state index contributed by atoms with van der Waals surface area (Å²) in [5, 5.41) is 5.02. The van der Waals surface area contributed by atoms with Gasteiger partial charge in [0.1, 0.15) is 4.70 Å². The first-order valence-electron chi connectivity index (χ1n) is 6.62. The van der Waals surface area contributed by atoms with E-state index in [0.29, 0.717) is 15.4 Å². The molecule has 5 nitrogen and oxygen atoms in total. The highest BCUT2D eigenvalue weighted by atomic mass is 32.2. The fourth-order valence-corrected chi connectivity index (χ4v) is 3.44. The monoisotopic (exact) mass is 325 g/mol. The largest absolute Gasteiger partial charge is 0.351 e. The van der Waals surface area contributed by atoms with Crippen molar-refractivity contribution in [2.45, 2.75) is 43.6 Å². The third-order valence-corrected chi connectivity index (χ3v) is 4.83. The zero-order chi connectivity index (χ0) is 15.8. The molecular weight excluding hydrogens is 306 g/mol. The van der Waals surface area contributed by atoms with E-state index in [1.165, 1.54) is 27.7 Å². The number of amides is 1. The number of hydrogen-bond donors (Lipinski definition) is 1. The maximum absolute atomic E-state index is 12.2. The molecular formula is C14H19N3O2S2. The lowest BCUT2D eigenvalue weighted by Crippen LogP contribution is -2.44. The van der Waals surface area contributed by atoms with Crippen LogP contribution >= 0.6 is 23.1 Å². The molecule has 0 bridgehead atoms. The summed E-state index contributed by atoms with van der Waals surface area (Å²) in [4.78, 5) is 28.8. The summed E-state index contributed by atoms with van der Waals surface area (Å²) in [7, 11) is 1.69. The summed E-state index contributed by atoms with van der Waals surface area (Å²) in [5.74, 6) is -0.0628. The van der Waals surface area contributed by atoms with Crippen molar-refractivity contribution in [3.8, 4) is 0 Å². The minimum atomic E-state index is -0.321. The van der Waals surface area contributed by atoms with Gasteiger partial charge in [-0.1, -0.05) is 11.8 Å². The number of rotatable bonds is 3. The van der Waals surface area contributed by atoms with Gasteiger partial charge in [-0.15, -0.1) is 11.3 Å². The van der Waals surface area contributed by atoms with Crippen molar-refractivity contribution in [1.29, 1.82) is 0 Å². The number of thiophene rings is 1. The van der Waals surface area contributed by atoms with E-state index in [4.69, 9.17) is 0 Å². The molecule has 0 aromatic carbocycles.